The number of rotatable bonds is 5. The van der Waals surface area contributed by atoms with E-state index in [1.54, 1.807) is 15.9 Å². The first-order valence-electron chi connectivity index (χ1n) is 7.63. The summed E-state index contributed by atoms with van der Waals surface area (Å²) in [7, 11) is 0. The number of carbonyl (C=O) groups is 1. The Morgan fingerprint density at radius 2 is 2.00 bits per heavy atom. The van der Waals surface area contributed by atoms with Gasteiger partial charge in [-0.3, -0.25) is 4.79 Å². The number of amides is 1. The minimum absolute atomic E-state index is 0.108. The van der Waals surface area contributed by atoms with E-state index >= 15 is 0 Å². The van der Waals surface area contributed by atoms with E-state index in [1.807, 2.05) is 53.9 Å². The van der Waals surface area contributed by atoms with E-state index in [0.29, 0.717) is 10.8 Å². The van der Waals surface area contributed by atoms with Crippen LogP contribution in [0.5, 0.6) is 0 Å². The molecule has 1 amide bonds. The molecule has 3 aromatic heterocycles. The maximum atomic E-state index is 12.2. The van der Waals surface area contributed by atoms with Crippen molar-refractivity contribution in [2.45, 2.75) is 5.16 Å². The molecule has 0 radical (unpaired) electrons. The van der Waals surface area contributed by atoms with E-state index in [2.05, 4.69) is 36.5 Å². The molecule has 0 saturated heterocycles. The fourth-order valence-electron chi connectivity index (χ4n) is 2.28. The van der Waals surface area contributed by atoms with Gasteiger partial charge < -0.3 is 5.32 Å². The average Bonchev–Trinajstić information content (AvgIpc) is 3.31. The maximum Gasteiger partial charge on any atom is 0.234 e. The van der Waals surface area contributed by atoms with E-state index < -0.39 is 0 Å². The fourth-order valence-corrected chi connectivity index (χ4v) is 3.92. The van der Waals surface area contributed by atoms with Gasteiger partial charge in [-0.25, -0.2) is 0 Å². The topological polar surface area (TPSA) is 72.2 Å². The molecule has 0 aliphatic rings. The fraction of sp³-hybridized carbons (Fsp3) is 0.0588. The van der Waals surface area contributed by atoms with Crippen molar-refractivity contribution in [2.24, 2.45) is 0 Å². The zero-order valence-corrected chi connectivity index (χ0v) is 16.5. The highest BCUT2D eigenvalue weighted by molar-refractivity contribution is 9.10. The first-order valence-corrected chi connectivity index (χ1v) is 10.3. The second kappa shape index (κ2) is 7.56. The summed E-state index contributed by atoms with van der Waals surface area (Å²) < 4.78 is 2.64. The molecule has 1 N–H and O–H groups in total. The third kappa shape index (κ3) is 3.79. The van der Waals surface area contributed by atoms with Gasteiger partial charge in [-0.2, -0.15) is 9.61 Å². The molecule has 0 spiro atoms. The Morgan fingerprint density at radius 3 is 2.77 bits per heavy atom. The van der Waals surface area contributed by atoms with E-state index in [9.17, 15) is 4.79 Å². The van der Waals surface area contributed by atoms with Gasteiger partial charge in [0.15, 0.2) is 5.65 Å². The molecule has 3 heterocycles. The van der Waals surface area contributed by atoms with Gasteiger partial charge in [0, 0.05) is 10.2 Å². The lowest BCUT2D eigenvalue weighted by Crippen LogP contribution is -2.14. The number of thiophene rings is 1. The third-order valence-electron chi connectivity index (χ3n) is 3.47. The van der Waals surface area contributed by atoms with Crippen LogP contribution in [0, 0.1) is 0 Å². The molecular formula is C17H12BrN5OS2. The molecule has 26 heavy (non-hydrogen) atoms. The summed E-state index contributed by atoms with van der Waals surface area (Å²) in [5, 5.41) is 18.3. The lowest BCUT2D eigenvalue weighted by atomic mass is 10.3. The third-order valence-corrected chi connectivity index (χ3v) is 5.81. The Bertz CT molecular complexity index is 1050. The van der Waals surface area contributed by atoms with Crippen LogP contribution >= 0.6 is 39.0 Å². The largest absolute Gasteiger partial charge is 0.325 e. The van der Waals surface area contributed by atoms with Crippen molar-refractivity contribution in [3.8, 4) is 10.6 Å². The Hall–Kier alpha value is -2.23. The van der Waals surface area contributed by atoms with Gasteiger partial charge >= 0.3 is 0 Å². The lowest BCUT2D eigenvalue weighted by molar-refractivity contribution is -0.113. The van der Waals surface area contributed by atoms with Crippen LogP contribution in [0.1, 0.15) is 0 Å². The Labute approximate surface area is 165 Å². The van der Waals surface area contributed by atoms with Gasteiger partial charge in [-0.15, -0.1) is 21.5 Å². The van der Waals surface area contributed by atoms with Crippen LogP contribution < -0.4 is 5.32 Å². The predicted octanol–water partition coefficient (Wildman–Crippen LogP) is 4.35. The zero-order chi connectivity index (χ0) is 17.9. The van der Waals surface area contributed by atoms with Crippen LogP contribution in [0.15, 0.2) is 63.5 Å². The molecule has 0 aliphatic carbocycles. The number of halogens is 1. The summed E-state index contributed by atoms with van der Waals surface area (Å²) in [6.45, 7) is 0. The van der Waals surface area contributed by atoms with E-state index in [4.69, 9.17) is 0 Å². The van der Waals surface area contributed by atoms with Crippen molar-refractivity contribution < 1.29 is 4.79 Å². The monoisotopic (exact) mass is 445 g/mol. The van der Waals surface area contributed by atoms with Crippen LogP contribution in [0.2, 0.25) is 0 Å². The number of benzene rings is 1. The van der Waals surface area contributed by atoms with Crippen molar-refractivity contribution in [3.63, 3.8) is 0 Å². The molecular weight excluding hydrogens is 434 g/mol. The predicted molar refractivity (Wildman–Crippen MR) is 108 cm³/mol. The van der Waals surface area contributed by atoms with Crippen molar-refractivity contribution in [3.05, 3.63) is 58.4 Å². The number of hydrogen-bond acceptors (Lipinski definition) is 6. The molecule has 4 aromatic rings. The molecule has 0 fully saturated rings. The molecule has 0 unspecified atom stereocenters. The molecule has 1 aromatic carbocycles. The molecule has 0 saturated carbocycles. The van der Waals surface area contributed by atoms with Crippen LogP contribution in [-0.4, -0.2) is 31.5 Å². The van der Waals surface area contributed by atoms with Gasteiger partial charge in [-0.1, -0.05) is 33.8 Å². The SMILES string of the molecule is O=C(CSc1nnc2ccc(-c3cccs3)nn12)Nc1ccc(Br)cc1. The number of nitrogens with one attached hydrogen (secondary N) is 1. The highest BCUT2D eigenvalue weighted by atomic mass is 79.9. The van der Waals surface area contributed by atoms with Gasteiger partial charge in [-0.05, 0) is 47.8 Å². The van der Waals surface area contributed by atoms with Crippen LogP contribution in [0.4, 0.5) is 5.69 Å². The zero-order valence-electron chi connectivity index (χ0n) is 13.3. The number of anilines is 1. The number of nitrogens with zero attached hydrogens (tertiary/aromatic N) is 4. The Kier molecular flexibility index (Phi) is 5.00. The number of aromatic nitrogens is 4. The minimum Gasteiger partial charge on any atom is -0.325 e. The highest BCUT2D eigenvalue weighted by Gasteiger charge is 2.12. The van der Waals surface area contributed by atoms with Crippen LogP contribution in [0.3, 0.4) is 0 Å². The molecule has 9 heteroatoms. The molecule has 0 aliphatic heterocycles. The Balaban J connectivity index is 1.47. The maximum absolute atomic E-state index is 12.2. The lowest BCUT2D eigenvalue weighted by Gasteiger charge is -2.05. The number of thioether (sulfide) groups is 1. The van der Waals surface area contributed by atoms with E-state index in [1.165, 1.54) is 11.8 Å². The average molecular weight is 446 g/mol. The molecule has 0 bridgehead atoms. The second-order valence-corrected chi connectivity index (χ2v) is 8.10. The summed E-state index contributed by atoms with van der Waals surface area (Å²) in [5.41, 5.74) is 2.26. The van der Waals surface area contributed by atoms with Gasteiger partial charge in [0.1, 0.15) is 5.69 Å². The van der Waals surface area contributed by atoms with E-state index in [-0.39, 0.29) is 11.7 Å². The van der Waals surface area contributed by atoms with Crippen LogP contribution in [-0.2, 0) is 4.79 Å². The van der Waals surface area contributed by atoms with Gasteiger partial charge in [0.2, 0.25) is 11.1 Å². The molecule has 4 rings (SSSR count). The van der Waals surface area contributed by atoms with Crippen molar-refractivity contribution in [1.82, 2.24) is 19.8 Å². The van der Waals surface area contributed by atoms with Crippen molar-refractivity contribution >= 4 is 56.3 Å². The summed E-state index contributed by atoms with van der Waals surface area (Å²) in [4.78, 5) is 13.2. The smallest absolute Gasteiger partial charge is 0.234 e. The minimum atomic E-state index is -0.108. The summed E-state index contributed by atoms with van der Waals surface area (Å²) in [6, 6.07) is 15.2. The highest BCUT2D eigenvalue weighted by Crippen LogP contribution is 2.24. The van der Waals surface area contributed by atoms with E-state index in [0.717, 1.165) is 20.7 Å². The van der Waals surface area contributed by atoms with Gasteiger partial charge in [0.25, 0.3) is 0 Å². The standard InChI is InChI=1S/C17H12BrN5OS2/c18-11-3-5-12(6-4-11)19-16(24)10-26-17-21-20-15-8-7-13(22-23(15)17)14-2-1-9-25-14/h1-9H,10H2,(H,19,24). The summed E-state index contributed by atoms with van der Waals surface area (Å²) in [5.74, 6) is 0.116. The van der Waals surface area contributed by atoms with Crippen molar-refractivity contribution in [1.29, 1.82) is 0 Å². The summed E-state index contributed by atoms with van der Waals surface area (Å²) >= 11 is 6.30. The van der Waals surface area contributed by atoms with Crippen molar-refractivity contribution in [2.75, 3.05) is 11.1 Å². The van der Waals surface area contributed by atoms with Gasteiger partial charge in [0.05, 0.1) is 10.6 Å². The molecule has 6 nitrogen and oxygen atoms in total. The summed E-state index contributed by atoms with van der Waals surface area (Å²) in [6.07, 6.45) is 0. The first kappa shape index (κ1) is 17.2. The second-order valence-electron chi connectivity index (χ2n) is 5.29. The number of hydrogen-bond donors (Lipinski definition) is 1. The number of carbonyl (C=O) groups excluding carboxylic acids is 1. The normalized spacial score (nSPS) is 11.0. The molecule has 0 atom stereocenters. The van der Waals surface area contributed by atoms with Crippen LogP contribution in [0.25, 0.3) is 16.2 Å². The number of fused-ring (bicyclic) bond motifs is 1. The molecule has 130 valence electrons. The Morgan fingerprint density at radius 1 is 1.15 bits per heavy atom. The first-order chi connectivity index (χ1) is 12.7. The quantitative estimate of drug-likeness (QED) is 0.462.